The van der Waals surface area contributed by atoms with E-state index in [1.807, 2.05) is 4.90 Å². The summed E-state index contributed by atoms with van der Waals surface area (Å²) >= 11 is 0. The van der Waals surface area contributed by atoms with Crippen LogP contribution in [0.4, 0.5) is 0 Å². The zero-order valence-electron chi connectivity index (χ0n) is 33.0. The lowest BCUT2D eigenvalue weighted by molar-refractivity contribution is -0.214. The van der Waals surface area contributed by atoms with Gasteiger partial charge in [0.15, 0.2) is 5.78 Å². The van der Waals surface area contributed by atoms with E-state index in [1.165, 1.54) is 5.57 Å². The van der Waals surface area contributed by atoms with Gasteiger partial charge in [0.2, 0.25) is 5.91 Å². The van der Waals surface area contributed by atoms with E-state index in [0.717, 1.165) is 70.0 Å². The number of carboxylic acids is 1. The fraction of sp³-hybridized carbons (Fsp3) is 0.857. The maximum Gasteiger partial charge on any atom is 0.309 e. The molecule has 1 heterocycles. The molecule has 5 fully saturated rings. The number of fused-ring (bicyclic) bond motifs is 7. The largest absolute Gasteiger partial charge is 0.481 e. The number of carbonyl (C=O) groups excluding carboxylic acids is 3. The SMILES string of the molecule is CC(=O)N1CCN(CC(O)C23CCC4C(CCC5C4(C)CCC4C(C)(C)C(OC(=O)CC(C)(C)C(=O)O)CCC45C)C2=C(C(C)C)C(=O)C3)CC1. The highest BCUT2D eigenvalue weighted by atomic mass is 16.5. The molecule has 1 saturated heterocycles. The standard InChI is InChI=1S/C42H66N2O7/c1-25(2)35-29(46)22-42(32(47)24-43-18-20-44(21-19-43)26(3)45)17-12-28-27(36(35)42)10-11-31-40(28,8)15-13-30-39(6,7)33(14-16-41(30,31)9)51-34(48)23-38(4,5)37(49)50/h25,27-28,30-33,47H,10-24H2,1-9H3,(H,49,50). The van der Waals surface area contributed by atoms with Crippen molar-refractivity contribution in [1.29, 1.82) is 0 Å². The van der Waals surface area contributed by atoms with Crippen LogP contribution in [0.5, 0.6) is 0 Å². The summed E-state index contributed by atoms with van der Waals surface area (Å²) in [5, 5.41) is 21.8. The average Bonchev–Trinajstić information content (AvgIpc) is 3.36. The quantitative estimate of drug-likeness (QED) is 0.273. The van der Waals surface area contributed by atoms with Gasteiger partial charge < -0.3 is 19.8 Å². The number of piperazine rings is 1. The Morgan fingerprint density at radius 2 is 1.55 bits per heavy atom. The second-order valence-corrected chi connectivity index (χ2v) is 19.7. The molecule has 9 nitrogen and oxygen atoms in total. The number of ether oxygens (including phenoxy) is 1. The first-order valence-electron chi connectivity index (χ1n) is 20.1. The van der Waals surface area contributed by atoms with Crippen molar-refractivity contribution in [2.45, 2.75) is 139 Å². The monoisotopic (exact) mass is 710 g/mol. The number of allylic oxidation sites excluding steroid dienone is 1. The maximum absolute atomic E-state index is 14.0. The van der Waals surface area contributed by atoms with Crippen molar-refractivity contribution in [2.75, 3.05) is 32.7 Å². The topological polar surface area (TPSA) is 124 Å². The van der Waals surface area contributed by atoms with Gasteiger partial charge in [0.25, 0.3) is 0 Å². The van der Waals surface area contributed by atoms with Gasteiger partial charge in [-0.25, -0.2) is 0 Å². The van der Waals surface area contributed by atoms with Crippen LogP contribution >= 0.6 is 0 Å². The minimum absolute atomic E-state index is 0.0849. The number of Topliss-reactive ketones (excluding diaryl/α,β-unsaturated/α-hetero) is 1. The number of β-amino-alcohol motifs (C(OH)–C–C–N with tert-alkyl or cyclic N) is 1. The maximum atomic E-state index is 14.0. The zero-order valence-corrected chi connectivity index (χ0v) is 33.0. The molecule has 9 heteroatoms. The number of amides is 1. The molecular weight excluding hydrogens is 644 g/mol. The highest BCUT2D eigenvalue weighted by molar-refractivity contribution is 6.00. The first-order chi connectivity index (χ1) is 23.7. The van der Waals surface area contributed by atoms with Crippen LogP contribution < -0.4 is 0 Å². The number of ketones is 1. The molecule has 9 atom stereocenters. The van der Waals surface area contributed by atoms with Gasteiger partial charge in [-0.2, -0.15) is 0 Å². The Hall–Kier alpha value is -2.26. The van der Waals surface area contributed by atoms with Gasteiger partial charge in [-0.15, -0.1) is 0 Å². The summed E-state index contributed by atoms with van der Waals surface area (Å²) < 4.78 is 6.14. The van der Waals surface area contributed by atoms with Crippen LogP contribution in [0.3, 0.4) is 0 Å². The number of carbonyl (C=O) groups is 4. The molecule has 0 aromatic rings. The molecule has 0 aromatic heterocycles. The summed E-state index contributed by atoms with van der Waals surface area (Å²) in [6.45, 7) is 22.1. The van der Waals surface area contributed by atoms with E-state index >= 15 is 0 Å². The number of hydrogen-bond donors (Lipinski definition) is 2. The molecule has 0 spiro atoms. The Bertz CT molecular complexity index is 1460. The second-order valence-electron chi connectivity index (χ2n) is 19.7. The van der Waals surface area contributed by atoms with Crippen molar-refractivity contribution in [1.82, 2.24) is 9.80 Å². The fourth-order valence-corrected chi connectivity index (χ4v) is 13.3. The smallest absolute Gasteiger partial charge is 0.309 e. The van der Waals surface area contributed by atoms with Crippen LogP contribution in [0, 0.1) is 56.7 Å². The lowest BCUT2D eigenvalue weighted by Gasteiger charge is -2.69. The number of rotatable bonds is 8. The Labute approximate surface area is 306 Å². The average molecular weight is 711 g/mol. The van der Waals surface area contributed by atoms with Crippen LogP contribution in [-0.4, -0.2) is 88.6 Å². The third-order valence-corrected chi connectivity index (χ3v) is 15.9. The number of aliphatic carboxylic acids is 1. The molecule has 51 heavy (non-hydrogen) atoms. The van der Waals surface area contributed by atoms with Crippen LogP contribution in [0.25, 0.3) is 0 Å². The Kier molecular flexibility index (Phi) is 9.99. The summed E-state index contributed by atoms with van der Waals surface area (Å²) in [6, 6.07) is 0. The second kappa shape index (κ2) is 13.2. The van der Waals surface area contributed by atoms with Crippen molar-refractivity contribution >= 4 is 23.6 Å². The molecule has 2 N–H and O–H groups in total. The number of esters is 1. The van der Waals surface area contributed by atoms with Gasteiger partial charge in [0, 0.05) is 56.9 Å². The number of carboxylic acid groups (broad SMARTS) is 1. The van der Waals surface area contributed by atoms with E-state index in [2.05, 4.69) is 46.4 Å². The van der Waals surface area contributed by atoms with Crippen molar-refractivity contribution in [2.24, 2.45) is 56.7 Å². The van der Waals surface area contributed by atoms with E-state index in [1.54, 1.807) is 20.8 Å². The lowest BCUT2D eigenvalue weighted by Crippen LogP contribution is -2.63. The van der Waals surface area contributed by atoms with Crippen molar-refractivity contribution in [3.05, 3.63) is 11.1 Å². The lowest BCUT2D eigenvalue weighted by atomic mass is 9.36. The summed E-state index contributed by atoms with van der Waals surface area (Å²) in [7, 11) is 0. The molecule has 0 bridgehead atoms. The summed E-state index contributed by atoms with van der Waals surface area (Å²) in [6.07, 6.45) is 7.38. The van der Waals surface area contributed by atoms with Gasteiger partial charge in [-0.05, 0) is 111 Å². The molecule has 6 rings (SSSR count). The van der Waals surface area contributed by atoms with E-state index in [-0.39, 0.29) is 46.4 Å². The van der Waals surface area contributed by atoms with Gasteiger partial charge in [0.05, 0.1) is 17.9 Å². The number of aliphatic hydroxyl groups excluding tert-OH is 1. The summed E-state index contributed by atoms with van der Waals surface area (Å²) in [4.78, 5) is 54.9. The molecule has 4 saturated carbocycles. The van der Waals surface area contributed by atoms with Crippen LogP contribution in [-0.2, 0) is 23.9 Å². The predicted octanol–water partition coefficient (Wildman–Crippen LogP) is 6.51. The molecule has 0 radical (unpaired) electrons. The van der Waals surface area contributed by atoms with Gasteiger partial charge in [0.1, 0.15) is 6.10 Å². The molecular formula is C42H66N2O7. The molecule has 1 amide bonds. The zero-order chi connectivity index (χ0) is 37.5. The predicted molar refractivity (Wildman–Crippen MR) is 195 cm³/mol. The third-order valence-electron chi connectivity index (χ3n) is 15.9. The Morgan fingerprint density at radius 1 is 0.902 bits per heavy atom. The van der Waals surface area contributed by atoms with Gasteiger partial charge in [-0.1, -0.05) is 47.1 Å². The summed E-state index contributed by atoms with van der Waals surface area (Å²) in [5.74, 6) is 0.710. The molecule has 1 aliphatic heterocycles. The van der Waals surface area contributed by atoms with E-state index in [4.69, 9.17) is 4.74 Å². The van der Waals surface area contributed by atoms with Gasteiger partial charge >= 0.3 is 11.9 Å². The first-order valence-corrected chi connectivity index (χ1v) is 20.1. The van der Waals surface area contributed by atoms with E-state index in [9.17, 15) is 29.4 Å². The third kappa shape index (κ3) is 6.22. The Morgan fingerprint density at radius 3 is 2.16 bits per heavy atom. The number of hydrogen-bond acceptors (Lipinski definition) is 7. The molecule has 6 aliphatic rings. The normalized spacial score (nSPS) is 38.8. The molecule has 286 valence electrons. The fourth-order valence-electron chi connectivity index (χ4n) is 13.3. The van der Waals surface area contributed by atoms with Crippen molar-refractivity contribution in [3.63, 3.8) is 0 Å². The summed E-state index contributed by atoms with van der Waals surface area (Å²) in [5.41, 5.74) is 0.605. The molecule has 9 unspecified atom stereocenters. The van der Waals surface area contributed by atoms with Gasteiger partial charge in [-0.3, -0.25) is 24.1 Å². The molecule has 5 aliphatic carbocycles. The van der Waals surface area contributed by atoms with E-state index in [0.29, 0.717) is 49.7 Å². The highest BCUT2D eigenvalue weighted by Crippen LogP contribution is 2.73. The van der Waals surface area contributed by atoms with Crippen molar-refractivity contribution < 1.29 is 34.1 Å². The van der Waals surface area contributed by atoms with E-state index < -0.39 is 28.9 Å². The number of nitrogens with zero attached hydrogens (tertiary/aromatic N) is 2. The highest BCUT2D eigenvalue weighted by Gasteiger charge is 2.67. The number of aliphatic hydroxyl groups is 1. The van der Waals surface area contributed by atoms with Crippen molar-refractivity contribution in [3.8, 4) is 0 Å². The van der Waals surface area contributed by atoms with Crippen LogP contribution in [0.1, 0.15) is 127 Å². The van der Waals surface area contributed by atoms with Crippen LogP contribution in [0.15, 0.2) is 11.1 Å². The first kappa shape index (κ1) is 38.5. The molecule has 0 aromatic carbocycles. The minimum Gasteiger partial charge on any atom is -0.481 e. The Balaban J connectivity index is 1.23. The minimum atomic E-state index is -1.16. The van der Waals surface area contributed by atoms with Crippen LogP contribution in [0.2, 0.25) is 0 Å².